The first-order valence-electron chi connectivity index (χ1n) is 10.1. The largest absolute Gasteiger partial charge is 0.493 e. The van der Waals surface area contributed by atoms with Crippen molar-refractivity contribution in [2.24, 2.45) is 5.92 Å². The minimum atomic E-state index is -0.0339. The van der Waals surface area contributed by atoms with E-state index in [1.807, 2.05) is 54.0 Å². The summed E-state index contributed by atoms with van der Waals surface area (Å²) in [6.07, 6.45) is 0.322. The fraction of sp³-hybridized carbons (Fsp3) is 0.348. The number of nitrogens with one attached hydrogen (secondary N) is 2. The van der Waals surface area contributed by atoms with Crippen molar-refractivity contribution >= 4 is 18.1 Å². The highest BCUT2D eigenvalue weighted by Gasteiger charge is 2.11. The number of amides is 1. The van der Waals surface area contributed by atoms with Gasteiger partial charge in [0.25, 0.3) is 0 Å². The van der Waals surface area contributed by atoms with Gasteiger partial charge in [0.05, 0.1) is 6.61 Å². The predicted molar refractivity (Wildman–Crippen MR) is 121 cm³/mol. The van der Waals surface area contributed by atoms with Gasteiger partial charge >= 0.3 is 0 Å². The van der Waals surface area contributed by atoms with Crippen LogP contribution in [0.1, 0.15) is 31.4 Å². The number of nitrogens with zero attached hydrogens (tertiary/aromatic N) is 2. The quantitative estimate of drug-likeness (QED) is 0.490. The maximum atomic E-state index is 12.4. The Kier molecular flexibility index (Phi) is 7.41. The Bertz CT molecular complexity index is 1040. The molecule has 0 saturated heterocycles. The van der Waals surface area contributed by atoms with Gasteiger partial charge in [0, 0.05) is 25.1 Å². The van der Waals surface area contributed by atoms with E-state index in [0.717, 1.165) is 28.3 Å². The topological polar surface area (TPSA) is 71.9 Å². The molecule has 6 nitrogen and oxygen atoms in total. The smallest absolute Gasteiger partial charge is 0.222 e. The highest BCUT2D eigenvalue weighted by molar-refractivity contribution is 7.71. The van der Waals surface area contributed by atoms with Crippen molar-refractivity contribution in [3.05, 3.63) is 64.4 Å². The highest BCUT2D eigenvalue weighted by atomic mass is 32.1. The third-order valence-corrected chi connectivity index (χ3v) is 4.91. The number of carbonyl (C=O) groups is 1. The molecule has 7 heteroatoms. The molecule has 3 aromatic rings. The van der Waals surface area contributed by atoms with Crippen LogP contribution >= 0.6 is 12.2 Å². The van der Waals surface area contributed by atoms with Gasteiger partial charge in [-0.25, -0.2) is 0 Å². The van der Waals surface area contributed by atoms with Crippen molar-refractivity contribution in [3.8, 4) is 17.1 Å². The molecule has 158 valence electrons. The third kappa shape index (κ3) is 6.03. The Morgan fingerprint density at radius 1 is 1.23 bits per heavy atom. The summed E-state index contributed by atoms with van der Waals surface area (Å²) < 4.78 is 8.06. The summed E-state index contributed by atoms with van der Waals surface area (Å²) in [4.78, 5) is 12.4. The molecule has 3 rings (SSSR count). The molecular formula is C23H28N4O2S. The van der Waals surface area contributed by atoms with E-state index in [-0.39, 0.29) is 5.91 Å². The summed E-state index contributed by atoms with van der Waals surface area (Å²) in [5, 5.41) is 10.1. The van der Waals surface area contributed by atoms with Gasteiger partial charge in [-0.15, -0.1) is 0 Å². The molecule has 2 aromatic carbocycles. The van der Waals surface area contributed by atoms with Crippen molar-refractivity contribution in [2.45, 2.75) is 40.3 Å². The highest BCUT2D eigenvalue weighted by Crippen LogP contribution is 2.19. The number of ether oxygens (including phenoxy) is 1. The summed E-state index contributed by atoms with van der Waals surface area (Å²) in [5.41, 5.74) is 3.15. The normalized spacial score (nSPS) is 10.9. The SMILES string of the molecule is Cc1cccc(-c2n[nH]c(=S)n2CCC(=O)NCc2ccc(OCC(C)C)cc2)c1. The van der Waals surface area contributed by atoms with Gasteiger partial charge in [-0.05, 0) is 48.8 Å². The van der Waals surface area contributed by atoms with Gasteiger partial charge in [0.2, 0.25) is 5.91 Å². The van der Waals surface area contributed by atoms with Crippen molar-refractivity contribution in [1.29, 1.82) is 0 Å². The Morgan fingerprint density at radius 3 is 2.70 bits per heavy atom. The lowest BCUT2D eigenvalue weighted by molar-refractivity contribution is -0.121. The van der Waals surface area contributed by atoms with E-state index in [9.17, 15) is 4.79 Å². The lowest BCUT2D eigenvalue weighted by atomic mass is 10.1. The predicted octanol–water partition coefficient (Wildman–Crippen LogP) is 4.66. The molecule has 1 amide bonds. The zero-order valence-electron chi connectivity index (χ0n) is 17.6. The van der Waals surface area contributed by atoms with Crippen LogP contribution in [0, 0.1) is 17.6 Å². The number of hydrogen-bond donors (Lipinski definition) is 2. The van der Waals surface area contributed by atoms with Crippen molar-refractivity contribution in [2.75, 3.05) is 6.61 Å². The second-order valence-corrected chi connectivity index (χ2v) is 8.14. The molecule has 0 unspecified atom stereocenters. The average molecular weight is 425 g/mol. The summed E-state index contributed by atoms with van der Waals surface area (Å²) in [6, 6.07) is 15.9. The first kappa shape index (κ1) is 21.8. The van der Waals surface area contributed by atoms with Crippen molar-refractivity contribution < 1.29 is 9.53 Å². The van der Waals surface area contributed by atoms with Crippen molar-refractivity contribution in [3.63, 3.8) is 0 Å². The van der Waals surface area contributed by atoms with Crippen LogP contribution in [0.25, 0.3) is 11.4 Å². The van der Waals surface area contributed by atoms with Gasteiger partial charge in [-0.3, -0.25) is 14.5 Å². The average Bonchev–Trinajstić information content (AvgIpc) is 3.10. The summed E-state index contributed by atoms with van der Waals surface area (Å²) in [5.74, 6) is 2.04. The minimum Gasteiger partial charge on any atom is -0.493 e. The number of hydrogen-bond acceptors (Lipinski definition) is 4. The number of H-pyrrole nitrogens is 1. The minimum absolute atomic E-state index is 0.0339. The molecule has 0 fully saturated rings. The van der Waals surface area contributed by atoms with Gasteiger partial charge in [0.15, 0.2) is 10.6 Å². The number of aryl methyl sites for hydroxylation is 1. The standard InChI is InChI=1S/C23H28N4O2S/c1-16(2)15-29-20-9-7-18(8-10-20)14-24-21(28)11-12-27-22(25-26-23(27)30)19-6-4-5-17(3)13-19/h4-10,13,16H,11-12,14-15H2,1-3H3,(H,24,28)(H,26,30). The molecule has 0 bridgehead atoms. The molecule has 2 N–H and O–H groups in total. The maximum Gasteiger partial charge on any atom is 0.222 e. The lowest BCUT2D eigenvalue weighted by Gasteiger charge is -2.10. The number of aromatic nitrogens is 3. The molecule has 0 spiro atoms. The Hall–Kier alpha value is -2.93. The van der Waals surface area contributed by atoms with E-state index in [4.69, 9.17) is 17.0 Å². The lowest BCUT2D eigenvalue weighted by Crippen LogP contribution is -2.24. The second-order valence-electron chi connectivity index (χ2n) is 7.75. The molecule has 0 saturated carbocycles. The van der Waals surface area contributed by atoms with Crippen LogP contribution in [0.15, 0.2) is 48.5 Å². The number of rotatable bonds is 9. The van der Waals surface area contributed by atoms with Gasteiger partial charge in [-0.1, -0.05) is 49.7 Å². The molecule has 30 heavy (non-hydrogen) atoms. The van der Waals surface area contributed by atoms with E-state index in [1.165, 1.54) is 0 Å². The molecular weight excluding hydrogens is 396 g/mol. The molecule has 1 heterocycles. The third-order valence-electron chi connectivity index (χ3n) is 4.59. The van der Waals surface area contributed by atoms with E-state index in [1.54, 1.807) is 0 Å². The molecule has 0 atom stereocenters. The number of aromatic amines is 1. The van der Waals surface area contributed by atoms with Crippen molar-refractivity contribution in [1.82, 2.24) is 20.1 Å². The van der Waals surface area contributed by atoms with Gasteiger partial charge in [-0.2, -0.15) is 5.10 Å². The summed E-state index contributed by atoms with van der Waals surface area (Å²) in [7, 11) is 0. The van der Waals surface area contributed by atoms with Crippen LogP contribution in [0.2, 0.25) is 0 Å². The van der Waals surface area contributed by atoms with Crippen LogP contribution in [0.4, 0.5) is 0 Å². The van der Waals surface area contributed by atoms with E-state index in [0.29, 0.717) is 36.8 Å². The first-order valence-corrected chi connectivity index (χ1v) is 10.5. The fourth-order valence-electron chi connectivity index (χ4n) is 3.00. The Balaban J connectivity index is 1.53. The number of benzene rings is 2. The number of carbonyl (C=O) groups excluding carboxylic acids is 1. The van der Waals surface area contributed by atoms with Crippen LogP contribution in [0.5, 0.6) is 5.75 Å². The van der Waals surface area contributed by atoms with E-state index < -0.39 is 0 Å². The molecule has 0 aliphatic heterocycles. The summed E-state index contributed by atoms with van der Waals surface area (Å²) in [6.45, 7) is 7.90. The van der Waals surface area contributed by atoms with Crippen LogP contribution in [-0.4, -0.2) is 27.3 Å². The van der Waals surface area contributed by atoms with E-state index >= 15 is 0 Å². The zero-order valence-corrected chi connectivity index (χ0v) is 18.5. The van der Waals surface area contributed by atoms with Gasteiger partial charge < -0.3 is 10.1 Å². The van der Waals surface area contributed by atoms with Crippen LogP contribution < -0.4 is 10.1 Å². The van der Waals surface area contributed by atoms with Gasteiger partial charge in [0.1, 0.15) is 5.75 Å². The zero-order chi connectivity index (χ0) is 21.5. The maximum absolute atomic E-state index is 12.4. The Labute approximate surface area is 182 Å². The first-order chi connectivity index (χ1) is 14.4. The Morgan fingerprint density at radius 2 is 2.00 bits per heavy atom. The molecule has 0 radical (unpaired) electrons. The van der Waals surface area contributed by atoms with Crippen LogP contribution in [0.3, 0.4) is 0 Å². The monoisotopic (exact) mass is 424 g/mol. The van der Waals surface area contributed by atoms with E-state index in [2.05, 4.69) is 35.4 Å². The second kappa shape index (κ2) is 10.2. The fourth-order valence-corrected chi connectivity index (χ4v) is 3.22. The molecule has 1 aromatic heterocycles. The molecule has 0 aliphatic rings. The molecule has 0 aliphatic carbocycles. The summed E-state index contributed by atoms with van der Waals surface area (Å²) >= 11 is 5.35. The van der Waals surface area contributed by atoms with Crippen LogP contribution in [-0.2, 0) is 17.9 Å².